The molecule has 0 spiro atoms. The number of hydrogen-bond donors (Lipinski definition) is 1. The molecule has 0 radical (unpaired) electrons. The van der Waals surface area contributed by atoms with E-state index in [-0.39, 0.29) is 11.4 Å². The Labute approximate surface area is 189 Å². The molecule has 0 saturated heterocycles. The van der Waals surface area contributed by atoms with Crippen molar-refractivity contribution in [3.05, 3.63) is 88.7 Å². The van der Waals surface area contributed by atoms with Crippen LogP contribution in [-0.4, -0.2) is 5.54 Å². The molecule has 0 fully saturated rings. The predicted molar refractivity (Wildman–Crippen MR) is 132 cm³/mol. The Kier molecular flexibility index (Phi) is 4.74. The summed E-state index contributed by atoms with van der Waals surface area (Å²) in [6.45, 7) is 10.9. The van der Waals surface area contributed by atoms with Gasteiger partial charge in [-0.3, -0.25) is 0 Å². The summed E-state index contributed by atoms with van der Waals surface area (Å²) in [4.78, 5) is 0. The first-order chi connectivity index (χ1) is 15.2. The molecule has 0 aliphatic carbocycles. The van der Waals surface area contributed by atoms with Gasteiger partial charge in [0.15, 0.2) is 0 Å². The van der Waals surface area contributed by atoms with Crippen molar-refractivity contribution in [1.82, 2.24) is 0 Å². The van der Waals surface area contributed by atoms with Crippen LogP contribution in [-0.2, 0) is 0 Å². The standard InChI is InChI=1S/C29H28FNO/c1-17(2)21-9-7-6-8-19(21)14-26-28-22(23-15-20(30)10-13-25(23)32-26)11-12-24-27(28)18(3)16-29(4,5)31-24/h6-17,31H,1-5H3/b26-14-. The summed E-state index contributed by atoms with van der Waals surface area (Å²) in [7, 11) is 0. The molecule has 5 rings (SSSR count). The van der Waals surface area contributed by atoms with Gasteiger partial charge in [0, 0.05) is 22.4 Å². The lowest BCUT2D eigenvalue weighted by Gasteiger charge is -2.35. The quantitative estimate of drug-likeness (QED) is 0.448. The summed E-state index contributed by atoms with van der Waals surface area (Å²) in [6, 6.07) is 17.4. The second-order valence-electron chi connectivity index (χ2n) is 9.62. The smallest absolute Gasteiger partial charge is 0.136 e. The molecule has 0 bridgehead atoms. The van der Waals surface area contributed by atoms with E-state index in [1.807, 2.05) is 0 Å². The molecule has 2 nitrogen and oxygen atoms in total. The van der Waals surface area contributed by atoms with Crippen LogP contribution < -0.4 is 10.1 Å². The molecule has 0 atom stereocenters. The summed E-state index contributed by atoms with van der Waals surface area (Å²) in [5.41, 5.74) is 8.43. The van der Waals surface area contributed by atoms with Gasteiger partial charge in [-0.25, -0.2) is 4.39 Å². The third-order valence-corrected chi connectivity index (χ3v) is 6.24. The minimum absolute atomic E-state index is 0.140. The second kappa shape index (κ2) is 7.37. The van der Waals surface area contributed by atoms with Gasteiger partial charge in [0.2, 0.25) is 0 Å². The van der Waals surface area contributed by atoms with E-state index in [1.54, 1.807) is 12.1 Å². The SMILES string of the molecule is CC1=CC(C)(C)Nc2ccc3c(c21)/C(=C/c1ccccc1C(C)C)Oc1ccc(F)cc1-3. The van der Waals surface area contributed by atoms with Crippen molar-refractivity contribution < 1.29 is 9.13 Å². The molecule has 2 aliphatic heterocycles. The fourth-order valence-electron chi connectivity index (χ4n) is 4.98. The van der Waals surface area contributed by atoms with E-state index >= 15 is 0 Å². The van der Waals surface area contributed by atoms with Gasteiger partial charge >= 0.3 is 0 Å². The van der Waals surface area contributed by atoms with E-state index in [9.17, 15) is 4.39 Å². The number of anilines is 1. The van der Waals surface area contributed by atoms with Crippen LogP contribution in [0, 0.1) is 5.82 Å². The summed E-state index contributed by atoms with van der Waals surface area (Å²) >= 11 is 0. The highest BCUT2D eigenvalue weighted by Crippen LogP contribution is 2.49. The number of nitrogens with one attached hydrogen (secondary N) is 1. The van der Waals surface area contributed by atoms with E-state index in [4.69, 9.17) is 4.74 Å². The van der Waals surface area contributed by atoms with Crippen LogP contribution in [0.15, 0.2) is 60.7 Å². The van der Waals surface area contributed by atoms with Gasteiger partial charge < -0.3 is 10.1 Å². The van der Waals surface area contributed by atoms with Crippen molar-refractivity contribution >= 4 is 23.1 Å². The third-order valence-electron chi connectivity index (χ3n) is 6.24. The van der Waals surface area contributed by atoms with Crippen LogP contribution in [0.5, 0.6) is 5.75 Å². The molecule has 3 aromatic carbocycles. The molecule has 3 aromatic rings. The van der Waals surface area contributed by atoms with Crippen LogP contribution in [0.3, 0.4) is 0 Å². The van der Waals surface area contributed by atoms with Gasteiger partial charge in [-0.2, -0.15) is 0 Å². The monoisotopic (exact) mass is 425 g/mol. The lowest BCUT2D eigenvalue weighted by molar-refractivity contribution is 0.511. The molecule has 162 valence electrons. The zero-order chi connectivity index (χ0) is 22.6. The van der Waals surface area contributed by atoms with Crippen LogP contribution in [0.1, 0.15) is 62.8 Å². The molecule has 2 heterocycles. The number of ether oxygens (including phenoxy) is 1. The molecule has 2 aliphatic rings. The maximum Gasteiger partial charge on any atom is 0.136 e. The largest absolute Gasteiger partial charge is 0.456 e. The Morgan fingerprint density at radius 1 is 0.969 bits per heavy atom. The normalized spacial score (nSPS) is 17.1. The number of benzene rings is 3. The van der Waals surface area contributed by atoms with Crippen LogP contribution >= 0.6 is 0 Å². The second-order valence-corrected chi connectivity index (χ2v) is 9.62. The highest BCUT2D eigenvalue weighted by atomic mass is 19.1. The van der Waals surface area contributed by atoms with E-state index in [0.717, 1.165) is 39.3 Å². The van der Waals surface area contributed by atoms with Gasteiger partial charge in [-0.05, 0) is 79.3 Å². The molecule has 3 heteroatoms. The number of hydrogen-bond acceptors (Lipinski definition) is 2. The fraction of sp³-hybridized carbons (Fsp3) is 0.241. The Morgan fingerprint density at radius 2 is 1.75 bits per heavy atom. The number of allylic oxidation sites excluding steroid dienone is 1. The van der Waals surface area contributed by atoms with E-state index in [0.29, 0.717) is 11.7 Å². The summed E-state index contributed by atoms with van der Waals surface area (Å²) in [6.07, 6.45) is 4.38. The number of rotatable bonds is 2. The van der Waals surface area contributed by atoms with E-state index in [1.165, 1.54) is 17.2 Å². The van der Waals surface area contributed by atoms with Gasteiger partial charge in [0.25, 0.3) is 0 Å². The minimum Gasteiger partial charge on any atom is -0.456 e. The van der Waals surface area contributed by atoms with E-state index < -0.39 is 0 Å². The highest BCUT2D eigenvalue weighted by molar-refractivity contribution is 6.00. The van der Waals surface area contributed by atoms with Gasteiger partial charge in [-0.1, -0.05) is 50.3 Å². The first kappa shape index (κ1) is 20.6. The fourth-order valence-corrected chi connectivity index (χ4v) is 4.98. The molecular weight excluding hydrogens is 397 g/mol. The van der Waals surface area contributed by atoms with Crippen molar-refractivity contribution in [3.8, 4) is 16.9 Å². The number of fused-ring (bicyclic) bond motifs is 5. The number of halogens is 1. The third kappa shape index (κ3) is 3.42. The van der Waals surface area contributed by atoms with Crippen LogP contribution in [0.25, 0.3) is 28.5 Å². The molecule has 1 N–H and O–H groups in total. The molecule has 32 heavy (non-hydrogen) atoms. The lowest BCUT2D eigenvalue weighted by Crippen LogP contribution is -2.32. The predicted octanol–water partition coefficient (Wildman–Crippen LogP) is 8.11. The van der Waals surface area contributed by atoms with E-state index in [2.05, 4.69) is 88.5 Å². The Morgan fingerprint density at radius 3 is 2.53 bits per heavy atom. The molecule has 0 unspecified atom stereocenters. The minimum atomic E-state index is -0.264. The van der Waals surface area contributed by atoms with Crippen molar-refractivity contribution in [2.45, 2.75) is 46.1 Å². The Hall–Kier alpha value is -3.33. The van der Waals surface area contributed by atoms with Crippen molar-refractivity contribution in [3.63, 3.8) is 0 Å². The Balaban J connectivity index is 1.81. The van der Waals surface area contributed by atoms with Crippen molar-refractivity contribution in [1.29, 1.82) is 0 Å². The van der Waals surface area contributed by atoms with Gasteiger partial charge in [0.05, 0.1) is 5.54 Å². The summed E-state index contributed by atoms with van der Waals surface area (Å²) < 4.78 is 20.7. The Bertz CT molecular complexity index is 1300. The zero-order valence-electron chi connectivity index (χ0n) is 19.2. The molecule has 0 aromatic heterocycles. The lowest BCUT2D eigenvalue weighted by atomic mass is 9.83. The van der Waals surface area contributed by atoms with Gasteiger partial charge in [0.1, 0.15) is 17.3 Å². The average molecular weight is 426 g/mol. The first-order valence-electron chi connectivity index (χ1n) is 11.2. The zero-order valence-corrected chi connectivity index (χ0v) is 19.2. The summed E-state index contributed by atoms with van der Waals surface area (Å²) in [5, 5.41) is 3.63. The first-order valence-corrected chi connectivity index (χ1v) is 11.2. The average Bonchev–Trinajstić information content (AvgIpc) is 2.73. The van der Waals surface area contributed by atoms with Crippen molar-refractivity contribution in [2.24, 2.45) is 0 Å². The summed E-state index contributed by atoms with van der Waals surface area (Å²) in [5.74, 6) is 1.59. The maximum atomic E-state index is 14.2. The molecule has 0 amide bonds. The molecular formula is C29H28FNO. The van der Waals surface area contributed by atoms with Crippen LogP contribution in [0.4, 0.5) is 10.1 Å². The van der Waals surface area contributed by atoms with Crippen LogP contribution in [0.2, 0.25) is 0 Å². The highest BCUT2D eigenvalue weighted by Gasteiger charge is 2.31. The van der Waals surface area contributed by atoms with Gasteiger partial charge in [-0.15, -0.1) is 0 Å². The maximum absolute atomic E-state index is 14.2. The molecule has 0 saturated carbocycles. The topological polar surface area (TPSA) is 21.3 Å². The van der Waals surface area contributed by atoms with Crippen molar-refractivity contribution in [2.75, 3.05) is 5.32 Å².